The van der Waals surface area contributed by atoms with Gasteiger partial charge in [0.25, 0.3) is 0 Å². The van der Waals surface area contributed by atoms with E-state index < -0.39 is 0 Å². The summed E-state index contributed by atoms with van der Waals surface area (Å²) in [7, 11) is 0. The summed E-state index contributed by atoms with van der Waals surface area (Å²) < 4.78 is 0. The van der Waals surface area contributed by atoms with Gasteiger partial charge in [-0.3, -0.25) is 10.1 Å². The summed E-state index contributed by atoms with van der Waals surface area (Å²) >= 11 is 0. The molecule has 0 aromatic carbocycles. The molecule has 0 spiro atoms. The van der Waals surface area contributed by atoms with E-state index in [9.17, 15) is 4.79 Å². The molecule has 2 rings (SSSR count). The van der Waals surface area contributed by atoms with Crippen LogP contribution in [0.25, 0.3) is 0 Å². The minimum Gasteiger partial charge on any atom is -0.326 e. The Morgan fingerprint density at radius 2 is 1.68 bits per heavy atom. The van der Waals surface area contributed by atoms with Gasteiger partial charge in [0.05, 0.1) is 12.7 Å². The topological polar surface area (TPSA) is 32.3 Å². The first-order valence-corrected chi connectivity index (χ1v) is 7.65. The molecule has 1 unspecified atom stereocenters. The highest BCUT2D eigenvalue weighted by Gasteiger charge is 2.44. The maximum Gasteiger partial charge on any atom is 0.241 e. The van der Waals surface area contributed by atoms with E-state index in [0.29, 0.717) is 28.7 Å². The van der Waals surface area contributed by atoms with Crippen molar-refractivity contribution in [3.8, 4) is 0 Å². The minimum atomic E-state index is 0.0214. The van der Waals surface area contributed by atoms with Crippen LogP contribution in [0.3, 0.4) is 0 Å². The van der Waals surface area contributed by atoms with Gasteiger partial charge < -0.3 is 4.90 Å². The Morgan fingerprint density at radius 1 is 1.16 bits per heavy atom. The second-order valence-electron chi connectivity index (χ2n) is 8.46. The Kier molecular flexibility index (Phi) is 3.72. The molecular formula is C16H30N2O. The lowest BCUT2D eigenvalue weighted by molar-refractivity contribution is -0.133. The van der Waals surface area contributed by atoms with Crippen LogP contribution in [0.1, 0.15) is 60.8 Å². The van der Waals surface area contributed by atoms with E-state index in [0.717, 1.165) is 19.5 Å². The lowest BCUT2D eigenvalue weighted by atomic mass is 9.63. The number of rotatable bonds is 2. The van der Waals surface area contributed by atoms with Gasteiger partial charge in [-0.25, -0.2) is 0 Å². The number of carbonyl (C=O) groups is 1. The van der Waals surface area contributed by atoms with Crippen LogP contribution in [0.2, 0.25) is 0 Å². The average molecular weight is 266 g/mol. The highest BCUT2D eigenvalue weighted by Crippen LogP contribution is 2.47. The molecule has 0 aromatic rings. The second kappa shape index (κ2) is 4.76. The minimum absolute atomic E-state index is 0.0214. The van der Waals surface area contributed by atoms with Crippen molar-refractivity contribution in [1.29, 1.82) is 0 Å². The molecule has 0 bridgehead atoms. The highest BCUT2D eigenvalue weighted by molar-refractivity contribution is 5.84. The van der Waals surface area contributed by atoms with Gasteiger partial charge in [-0.15, -0.1) is 0 Å². The van der Waals surface area contributed by atoms with Gasteiger partial charge in [0.2, 0.25) is 5.91 Å². The molecule has 0 radical (unpaired) electrons. The fraction of sp³-hybridized carbons (Fsp3) is 0.938. The molecule has 3 nitrogen and oxygen atoms in total. The quantitative estimate of drug-likeness (QED) is 0.833. The van der Waals surface area contributed by atoms with Crippen LogP contribution in [0.5, 0.6) is 0 Å². The maximum absolute atomic E-state index is 12.5. The van der Waals surface area contributed by atoms with Crippen molar-refractivity contribution in [2.75, 3.05) is 6.67 Å². The number of amides is 1. The lowest BCUT2D eigenvalue weighted by Gasteiger charge is -2.47. The summed E-state index contributed by atoms with van der Waals surface area (Å²) in [5.74, 6) is 0.690. The molecule has 1 amide bonds. The molecule has 2 fully saturated rings. The summed E-state index contributed by atoms with van der Waals surface area (Å²) in [5.41, 5.74) is 0.672. The van der Waals surface area contributed by atoms with Crippen LogP contribution in [0.4, 0.5) is 0 Å². The van der Waals surface area contributed by atoms with Gasteiger partial charge in [0.15, 0.2) is 0 Å². The van der Waals surface area contributed by atoms with Crippen LogP contribution >= 0.6 is 0 Å². The van der Waals surface area contributed by atoms with Crippen LogP contribution in [-0.2, 0) is 4.79 Å². The van der Waals surface area contributed by atoms with Crippen molar-refractivity contribution in [3.05, 3.63) is 0 Å². The van der Waals surface area contributed by atoms with E-state index in [1.807, 2.05) is 0 Å². The Morgan fingerprint density at radius 3 is 2.11 bits per heavy atom. The molecule has 19 heavy (non-hydrogen) atoms. The fourth-order valence-corrected chi connectivity index (χ4v) is 4.38. The van der Waals surface area contributed by atoms with Gasteiger partial charge in [-0.05, 0) is 36.0 Å². The molecule has 1 aliphatic carbocycles. The number of nitrogens with one attached hydrogen (secondary N) is 1. The first kappa shape index (κ1) is 14.8. The third-order valence-corrected chi connectivity index (χ3v) is 4.67. The molecule has 0 aromatic heterocycles. The van der Waals surface area contributed by atoms with E-state index in [4.69, 9.17) is 0 Å². The zero-order chi connectivity index (χ0) is 14.4. The highest BCUT2D eigenvalue weighted by atomic mass is 16.2. The average Bonchev–Trinajstić information content (AvgIpc) is 2.54. The Labute approximate surface area is 118 Å². The summed E-state index contributed by atoms with van der Waals surface area (Å²) in [4.78, 5) is 14.6. The predicted octanol–water partition coefficient (Wildman–Crippen LogP) is 3.01. The molecule has 1 saturated heterocycles. The lowest BCUT2D eigenvalue weighted by Crippen LogP contribution is -2.48. The van der Waals surface area contributed by atoms with Crippen LogP contribution in [-0.4, -0.2) is 29.6 Å². The largest absolute Gasteiger partial charge is 0.326 e. The molecular weight excluding hydrogens is 236 g/mol. The van der Waals surface area contributed by atoms with E-state index in [1.165, 1.54) is 6.42 Å². The number of carbonyl (C=O) groups excluding carboxylic acids is 1. The molecule has 2 aliphatic rings. The van der Waals surface area contributed by atoms with E-state index in [-0.39, 0.29) is 6.04 Å². The zero-order valence-corrected chi connectivity index (χ0v) is 13.4. The summed E-state index contributed by atoms with van der Waals surface area (Å²) in [6.07, 6.45) is 3.52. The van der Waals surface area contributed by atoms with Crippen molar-refractivity contribution < 1.29 is 4.79 Å². The standard InChI is InChI=1S/C16H30N2O/c1-11(2)13-14(19)18(10-17-13)12-7-15(3,4)9-16(5,6)8-12/h11-13,17H,7-10H2,1-6H3. The first-order chi connectivity index (χ1) is 8.61. The van der Waals surface area contributed by atoms with Crippen molar-refractivity contribution in [2.24, 2.45) is 16.7 Å². The third kappa shape index (κ3) is 3.13. The molecule has 1 saturated carbocycles. The van der Waals surface area contributed by atoms with Gasteiger partial charge in [0.1, 0.15) is 0 Å². The second-order valence-corrected chi connectivity index (χ2v) is 8.46. The van der Waals surface area contributed by atoms with Crippen molar-refractivity contribution in [3.63, 3.8) is 0 Å². The van der Waals surface area contributed by atoms with Gasteiger partial charge in [0, 0.05) is 6.04 Å². The first-order valence-electron chi connectivity index (χ1n) is 7.65. The fourth-order valence-electron chi connectivity index (χ4n) is 4.38. The molecule has 1 heterocycles. The van der Waals surface area contributed by atoms with Crippen molar-refractivity contribution in [1.82, 2.24) is 10.2 Å². The smallest absolute Gasteiger partial charge is 0.241 e. The molecule has 1 N–H and O–H groups in total. The maximum atomic E-state index is 12.5. The zero-order valence-electron chi connectivity index (χ0n) is 13.4. The van der Waals surface area contributed by atoms with Crippen LogP contribution in [0, 0.1) is 16.7 Å². The van der Waals surface area contributed by atoms with Gasteiger partial charge in [-0.2, -0.15) is 0 Å². The van der Waals surface area contributed by atoms with E-state index in [2.05, 4.69) is 51.8 Å². The van der Waals surface area contributed by atoms with Crippen LogP contribution < -0.4 is 5.32 Å². The Bertz CT molecular complexity index is 344. The summed E-state index contributed by atoms with van der Waals surface area (Å²) in [5, 5.41) is 3.38. The monoisotopic (exact) mass is 266 g/mol. The van der Waals surface area contributed by atoms with Crippen LogP contribution in [0.15, 0.2) is 0 Å². The molecule has 3 heteroatoms. The number of hydrogen-bond acceptors (Lipinski definition) is 2. The van der Waals surface area contributed by atoms with E-state index >= 15 is 0 Å². The van der Waals surface area contributed by atoms with E-state index in [1.54, 1.807) is 0 Å². The number of nitrogens with zero attached hydrogens (tertiary/aromatic N) is 1. The number of hydrogen-bond donors (Lipinski definition) is 1. The summed E-state index contributed by atoms with van der Waals surface area (Å²) in [6.45, 7) is 14.3. The van der Waals surface area contributed by atoms with Crippen molar-refractivity contribution in [2.45, 2.75) is 72.9 Å². The Hall–Kier alpha value is -0.570. The molecule has 1 atom stereocenters. The Balaban J connectivity index is 2.12. The normalized spacial score (nSPS) is 31.2. The predicted molar refractivity (Wildman–Crippen MR) is 78.7 cm³/mol. The SMILES string of the molecule is CC(C)C1NCN(C2CC(C)(C)CC(C)(C)C2)C1=O. The summed E-state index contributed by atoms with van der Waals surface area (Å²) in [6, 6.07) is 0.427. The molecule has 1 aliphatic heterocycles. The van der Waals surface area contributed by atoms with Gasteiger partial charge >= 0.3 is 0 Å². The van der Waals surface area contributed by atoms with Gasteiger partial charge in [-0.1, -0.05) is 41.5 Å². The third-order valence-electron chi connectivity index (χ3n) is 4.67. The molecule has 110 valence electrons. The van der Waals surface area contributed by atoms with Crippen molar-refractivity contribution >= 4 is 5.91 Å².